The monoisotopic (exact) mass is 262 g/mol. The van der Waals surface area contributed by atoms with Crippen molar-refractivity contribution in [2.24, 2.45) is 0 Å². The molecule has 0 fully saturated rings. The summed E-state index contributed by atoms with van der Waals surface area (Å²) in [5.74, 6) is 0.131. The van der Waals surface area contributed by atoms with E-state index in [2.05, 4.69) is 15.9 Å². The van der Waals surface area contributed by atoms with Crippen LogP contribution in [0.1, 0.15) is 6.92 Å². The number of rotatable bonds is 2. The van der Waals surface area contributed by atoms with E-state index in [-0.39, 0.29) is 10.8 Å². The Labute approximate surface area is 90.0 Å². The first kappa shape index (κ1) is 10.5. The van der Waals surface area contributed by atoms with Crippen LogP contribution in [0.2, 0.25) is 5.02 Å². The summed E-state index contributed by atoms with van der Waals surface area (Å²) in [6, 6.07) is 6.72. The third kappa shape index (κ3) is 3.36. The van der Waals surface area contributed by atoms with Gasteiger partial charge in [0.25, 0.3) is 0 Å². The molecule has 0 aromatic heterocycles. The summed E-state index contributed by atoms with van der Waals surface area (Å²) in [6.45, 7) is 1.70. The van der Waals surface area contributed by atoms with Gasteiger partial charge in [-0.25, -0.2) is 0 Å². The number of carbonyl (C=O) groups excluding carboxylic acids is 1. The molecule has 1 rings (SSSR count). The van der Waals surface area contributed by atoms with Gasteiger partial charge in [-0.15, -0.1) is 0 Å². The van der Waals surface area contributed by atoms with Gasteiger partial charge in [-0.1, -0.05) is 33.6 Å². The van der Waals surface area contributed by atoms with Crippen molar-refractivity contribution >= 4 is 33.5 Å². The number of benzene rings is 1. The maximum absolute atomic E-state index is 11.1. The van der Waals surface area contributed by atoms with E-state index < -0.39 is 0 Å². The second-order valence-electron chi connectivity index (χ2n) is 2.49. The minimum atomic E-state index is -0.331. The molecule has 4 heteroatoms. The first-order chi connectivity index (χ1) is 6.09. The van der Waals surface area contributed by atoms with E-state index in [4.69, 9.17) is 16.3 Å². The molecule has 0 radical (unpaired) electrons. The van der Waals surface area contributed by atoms with E-state index >= 15 is 0 Å². The second-order valence-corrected chi connectivity index (χ2v) is 4.30. The van der Waals surface area contributed by atoms with Gasteiger partial charge in [-0.3, -0.25) is 4.79 Å². The number of halogens is 2. The van der Waals surface area contributed by atoms with Crippen molar-refractivity contribution < 1.29 is 9.53 Å². The van der Waals surface area contributed by atoms with Gasteiger partial charge in [0.2, 0.25) is 0 Å². The molecule has 0 aliphatic heterocycles. The van der Waals surface area contributed by atoms with Gasteiger partial charge in [0.15, 0.2) is 0 Å². The molecule has 1 aromatic carbocycles. The number of hydrogen-bond acceptors (Lipinski definition) is 2. The summed E-state index contributed by atoms with van der Waals surface area (Å²) in [6.07, 6.45) is 0. The summed E-state index contributed by atoms with van der Waals surface area (Å²) >= 11 is 8.81. The van der Waals surface area contributed by atoms with Crippen LogP contribution < -0.4 is 4.74 Å². The van der Waals surface area contributed by atoms with Crippen LogP contribution >= 0.6 is 27.5 Å². The van der Waals surface area contributed by atoms with Crippen molar-refractivity contribution in [2.75, 3.05) is 0 Å². The van der Waals surface area contributed by atoms with E-state index in [1.54, 1.807) is 31.2 Å². The van der Waals surface area contributed by atoms with E-state index in [9.17, 15) is 4.79 Å². The first-order valence-electron chi connectivity index (χ1n) is 3.71. The van der Waals surface area contributed by atoms with Gasteiger partial charge in [0.1, 0.15) is 10.6 Å². The predicted molar refractivity (Wildman–Crippen MR) is 55.5 cm³/mol. The van der Waals surface area contributed by atoms with E-state index in [1.807, 2.05) is 0 Å². The van der Waals surface area contributed by atoms with Crippen LogP contribution in [-0.4, -0.2) is 10.8 Å². The van der Waals surface area contributed by atoms with Gasteiger partial charge < -0.3 is 4.74 Å². The zero-order valence-electron chi connectivity index (χ0n) is 6.96. The van der Waals surface area contributed by atoms with E-state index in [1.165, 1.54) is 0 Å². The van der Waals surface area contributed by atoms with Gasteiger partial charge in [-0.05, 0) is 25.1 Å². The summed E-state index contributed by atoms with van der Waals surface area (Å²) in [7, 11) is 0. The lowest BCUT2D eigenvalue weighted by molar-refractivity contribution is -0.133. The average Bonchev–Trinajstić information content (AvgIpc) is 2.04. The Kier molecular flexibility index (Phi) is 3.75. The lowest BCUT2D eigenvalue weighted by atomic mass is 10.3. The van der Waals surface area contributed by atoms with Crippen LogP contribution in [0.15, 0.2) is 24.3 Å². The molecular formula is C9H8BrClO2. The highest BCUT2D eigenvalue weighted by molar-refractivity contribution is 9.10. The topological polar surface area (TPSA) is 26.3 Å². The molecule has 0 saturated carbocycles. The van der Waals surface area contributed by atoms with Gasteiger partial charge >= 0.3 is 5.97 Å². The van der Waals surface area contributed by atoms with Crippen molar-refractivity contribution in [3.05, 3.63) is 29.3 Å². The Morgan fingerprint density at radius 2 is 2.31 bits per heavy atom. The highest BCUT2D eigenvalue weighted by Crippen LogP contribution is 2.18. The highest BCUT2D eigenvalue weighted by atomic mass is 79.9. The zero-order valence-corrected chi connectivity index (χ0v) is 9.30. The second kappa shape index (κ2) is 4.63. The maximum atomic E-state index is 11.1. The van der Waals surface area contributed by atoms with Gasteiger partial charge in [0, 0.05) is 5.02 Å². The Morgan fingerprint density at radius 1 is 1.62 bits per heavy atom. The molecule has 0 N–H and O–H groups in total. The third-order valence-corrected chi connectivity index (χ3v) is 1.95. The summed E-state index contributed by atoms with van der Waals surface area (Å²) in [5, 5.41) is 0.549. The fourth-order valence-electron chi connectivity index (χ4n) is 0.728. The standard InChI is InChI=1S/C9H8BrClO2/c1-6(10)9(12)13-8-4-2-3-7(11)5-8/h2-6H,1H3. The van der Waals surface area contributed by atoms with E-state index in [0.717, 1.165) is 0 Å². The molecule has 70 valence electrons. The smallest absolute Gasteiger partial charge is 0.324 e. The number of hydrogen-bond donors (Lipinski definition) is 0. The summed E-state index contributed by atoms with van der Waals surface area (Å²) < 4.78 is 4.99. The molecule has 0 amide bonds. The molecule has 13 heavy (non-hydrogen) atoms. The minimum absolute atomic E-state index is 0.313. The average molecular weight is 264 g/mol. The molecule has 2 nitrogen and oxygen atoms in total. The van der Waals surface area contributed by atoms with Crippen molar-refractivity contribution in [2.45, 2.75) is 11.8 Å². The first-order valence-corrected chi connectivity index (χ1v) is 5.00. The molecule has 0 aliphatic rings. The normalized spacial score (nSPS) is 12.2. The number of esters is 1. The molecule has 1 unspecified atom stereocenters. The Balaban J connectivity index is 2.69. The summed E-state index contributed by atoms with van der Waals surface area (Å²) in [4.78, 5) is 10.8. The largest absolute Gasteiger partial charge is 0.426 e. The van der Waals surface area contributed by atoms with Gasteiger partial charge in [0.05, 0.1) is 0 Å². The van der Waals surface area contributed by atoms with E-state index in [0.29, 0.717) is 10.8 Å². The van der Waals surface area contributed by atoms with Crippen molar-refractivity contribution in [1.29, 1.82) is 0 Å². The molecule has 0 saturated heterocycles. The molecule has 0 spiro atoms. The summed E-state index contributed by atoms with van der Waals surface area (Å²) in [5.41, 5.74) is 0. The Hall–Kier alpha value is -0.540. The number of alkyl halides is 1. The molecule has 0 heterocycles. The maximum Gasteiger partial charge on any atom is 0.324 e. The lowest BCUT2D eigenvalue weighted by Gasteiger charge is -2.05. The lowest BCUT2D eigenvalue weighted by Crippen LogP contribution is -2.16. The quantitative estimate of drug-likeness (QED) is 0.466. The highest BCUT2D eigenvalue weighted by Gasteiger charge is 2.10. The fourth-order valence-corrected chi connectivity index (χ4v) is 1.00. The Bertz CT molecular complexity index is 312. The van der Waals surface area contributed by atoms with Crippen LogP contribution in [0.4, 0.5) is 0 Å². The minimum Gasteiger partial charge on any atom is -0.426 e. The number of carbonyl (C=O) groups is 1. The van der Waals surface area contributed by atoms with Crippen molar-refractivity contribution in [3.8, 4) is 5.75 Å². The molecule has 0 bridgehead atoms. The van der Waals surface area contributed by atoms with Crippen LogP contribution in [-0.2, 0) is 4.79 Å². The molecule has 1 aromatic rings. The third-order valence-electron chi connectivity index (χ3n) is 1.34. The van der Waals surface area contributed by atoms with Crippen LogP contribution in [0.5, 0.6) is 5.75 Å². The van der Waals surface area contributed by atoms with Crippen molar-refractivity contribution in [1.82, 2.24) is 0 Å². The number of ether oxygens (including phenoxy) is 1. The zero-order chi connectivity index (χ0) is 9.84. The predicted octanol–water partition coefficient (Wildman–Crippen LogP) is 3.03. The fraction of sp³-hybridized carbons (Fsp3) is 0.222. The van der Waals surface area contributed by atoms with Crippen LogP contribution in [0.25, 0.3) is 0 Å². The SMILES string of the molecule is CC(Br)C(=O)Oc1cccc(Cl)c1. The Morgan fingerprint density at radius 3 is 2.85 bits per heavy atom. The van der Waals surface area contributed by atoms with Crippen LogP contribution in [0, 0.1) is 0 Å². The van der Waals surface area contributed by atoms with Gasteiger partial charge in [-0.2, -0.15) is 0 Å². The van der Waals surface area contributed by atoms with Crippen molar-refractivity contribution in [3.63, 3.8) is 0 Å². The molecule has 1 atom stereocenters. The molecular weight excluding hydrogens is 255 g/mol. The van der Waals surface area contributed by atoms with Crippen LogP contribution in [0.3, 0.4) is 0 Å². The molecule has 0 aliphatic carbocycles.